The number of carbonyl (C=O) groups is 1. The maximum Gasteiger partial charge on any atom is 0.418 e. The Bertz CT molecular complexity index is 1400. The van der Waals surface area contributed by atoms with Crippen molar-refractivity contribution in [3.05, 3.63) is 69.6 Å². The number of alkyl halides is 3. The van der Waals surface area contributed by atoms with Gasteiger partial charge in [-0.25, -0.2) is 9.97 Å². The number of likely N-dealkylation sites (tertiary alicyclic amines) is 1. The van der Waals surface area contributed by atoms with Crippen LogP contribution >= 0.6 is 22.9 Å². The van der Waals surface area contributed by atoms with Gasteiger partial charge in [-0.15, -0.1) is 11.3 Å². The Balaban J connectivity index is 1.55. The van der Waals surface area contributed by atoms with E-state index in [0.717, 1.165) is 16.6 Å². The van der Waals surface area contributed by atoms with Crippen molar-refractivity contribution in [1.82, 2.24) is 19.9 Å². The summed E-state index contributed by atoms with van der Waals surface area (Å²) < 4.78 is 40.5. The zero-order chi connectivity index (χ0) is 24.2. The number of aryl methyl sites for hydroxylation is 1. The van der Waals surface area contributed by atoms with Gasteiger partial charge in [0.2, 0.25) is 0 Å². The number of aromatic amines is 1. The molecule has 1 aliphatic heterocycles. The van der Waals surface area contributed by atoms with Gasteiger partial charge in [0.25, 0.3) is 5.91 Å². The van der Waals surface area contributed by atoms with E-state index in [9.17, 15) is 18.0 Å². The number of para-hydroxylation sites is 1. The second-order valence-corrected chi connectivity index (χ2v) is 10.1. The van der Waals surface area contributed by atoms with Crippen molar-refractivity contribution in [2.24, 2.45) is 5.92 Å². The predicted molar refractivity (Wildman–Crippen MR) is 126 cm³/mol. The molecule has 1 fully saturated rings. The van der Waals surface area contributed by atoms with E-state index in [-0.39, 0.29) is 17.3 Å². The van der Waals surface area contributed by atoms with Crippen LogP contribution in [0.4, 0.5) is 13.2 Å². The van der Waals surface area contributed by atoms with Gasteiger partial charge in [0.1, 0.15) is 17.0 Å². The molecule has 1 aliphatic rings. The summed E-state index contributed by atoms with van der Waals surface area (Å²) >= 11 is 7.57. The van der Waals surface area contributed by atoms with Crippen LogP contribution in [0.15, 0.2) is 42.5 Å². The van der Waals surface area contributed by atoms with Crippen LogP contribution in [0, 0.1) is 12.8 Å². The molecular weight excluding hydrogens is 485 g/mol. The lowest BCUT2D eigenvalue weighted by Gasteiger charge is -2.25. The molecule has 0 unspecified atom stereocenters. The van der Waals surface area contributed by atoms with Gasteiger partial charge in [0.05, 0.1) is 27.0 Å². The van der Waals surface area contributed by atoms with E-state index >= 15 is 0 Å². The Morgan fingerprint density at radius 3 is 2.71 bits per heavy atom. The molecule has 5 nitrogen and oxygen atoms in total. The first-order valence-electron chi connectivity index (χ1n) is 10.7. The molecule has 1 amide bonds. The lowest BCUT2D eigenvalue weighted by molar-refractivity contribution is -0.136. The number of H-pyrrole nitrogens is 1. The van der Waals surface area contributed by atoms with E-state index in [4.69, 9.17) is 11.6 Å². The van der Waals surface area contributed by atoms with Gasteiger partial charge in [0.15, 0.2) is 0 Å². The SMILES string of the molecule is Cc1nc(C(=O)N2CC[C@H](C)[C@H]2c2nc3c(C(F)(F)F)cccc3[nH]2)c(-c2cccc(Cl)c2)s1. The highest BCUT2D eigenvalue weighted by Crippen LogP contribution is 2.41. The predicted octanol–water partition coefficient (Wildman–Crippen LogP) is 6.89. The minimum Gasteiger partial charge on any atom is -0.340 e. The Hall–Kier alpha value is -2.91. The zero-order valence-electron chi connectivity index (χ0n) is 18.3. The first-order valence-corrected chi connectivity index (χ1v) is 11.9. The van der Waals surface area contributed by atoms with Crippen molar-refractivity contribution in [2.45, 2.75) is 32.5 Å². The number of rotatable bonds is 3. The van der Waals surface area contributed by atoms with Crippen LogP contribution in [0.1, 0.15) is 46.3 Å². The van der Waals surface area contributed by atoms with Gasteiger partial charge in [0, 0.05) is 11.6 Å². The van der Waals surface area contributed by atoms with Gasteiger partial charge in [-0.2, -0.15) is 13.2 Å². The summed E-state index contributed by atoms with van der Waals surface area (Å²) in [6.45, 7) is 4.26. The summed E-state index contributed by atoms with van der Waals surface area (Å²) in [5, 5.41) is 1.29. The van der Waals surface area contributed by atoms with Gasteiger partial charge < -0.3 is 9.88 Å². The number of nitrogens with zero attached hydrogens (tertiary/aromatic N) is 3. The average Bonchev–Trinajstić information content (AvgIpc) is 3.48. The van der Waals surface area contributed by atoms with E-state index in [2.05, 4.69) is 15.0 Å². The molecule has 4 aromatic rings. The second kappa shape index (κ2) is 8.39. The Labute approximate surface area is 202 Å². The molecule has 2 atom stereocenters. The summed E-state index contributed by atoms with van der Waals surface area (Å²) in [4.78, 5) is 28.0. The van der Waals surface area contributed by atoms with Crippen LogP contribution in [0.5, 0.6) is 0 Å². The monoisotopic (exact) mass is 504 g/mol. The standard InChI is InChI=1S/C24H20ClF3N4OS/c1-12-9-10-32(20(12)22-30-17-8-4-7-16(18(17)31-22)24(26,27)28)23(33)19-21(34-13(2)29-19)14-5-3-6-15(25)11-14/h3-8,11-12,20H,9-10H2,1-2H3,(H,30,31)/t12-,20-/m0/s1. The third-order valence-electron chi connectivity index (χ3n) is 6.10. The fraction of sp³-hybridized carbons (Fsp3) is 0.292. The normalized spacial score (nSPS) is 18.7. The maximum absolute atomic E-state index is 13.7. The lowest BCUT2D eigenvalue weighted by atomic mass is 10.0. The fourth-order valence-corrected chi connectivity index (χ4v) is 5.64. The lowest BCUT2D eigenvalue weighted by Crippen LogP contribution is -2.33. The summed E-state index contributed by atoms with van der Waals surface area (Å²) in [6, 6.07) is 10.7. The molecule has 1 N–H and O–H groups in total. The summed E-state index contributed by atoms with van der Waals surface area (Å²) in [6.07, 6.45) is -3.82. The number of benzene rings is 2. The number of thiazole rings is 1. The van der Waals surface area contributed by atoms with Crippen molar-refractivity contribution in [1.29, 1.82) is 0 Å². The average molecular weight is 505 g/mol. The number of aromatic nitrogens is 3. The molecule has 0 spiro atoms. The fourth-order valence-electron chi connectivity index (χ4n) is 4.55. The van der Waals surface area contributed by atoms with E-state index in [1.165, 1.54) is 17.4 Å². The van der Waals surface area contributed by atoms with Crippen LogP contribution in [-0.4, -0.2) is 32.3 Å². The van der Waals surface area contributed by atoms with E-state index in [1.54, 1.807) is 23.1 Å². The molecule has 5 rings (SSSR count). The summed E-state index contributed by atoms with van der Waals surface area (Å²) in [5.41, 5.74) is 0.468. The van der Waals surface area contributed by atoms with Crippen molar-refractivity contribution in [2.75, 3.05) is 6.54 Å². The number of halogens is 4. The van der Waals surface area contributed by atoms with Crippen molar-refractivity contribution in [3.63, 3.8) is 0 Å². The molecule has 0 bridgehead atoms. The Kier molecular flexibility index (Phi) is 5.64. The molecule has 10 heteroatoms. The number of nitrogens with one attached hydrogen (secondary N) is 1. The smallest absolute Gasteiger partial charge is 0.340 e. The third kappa shape index (κ3) is 3.96. The first kappa shape index (κ1) is 22.9. The number of imidazole rings is 1. The van der Waals surface area contributed by atoms with Gasteiger partial charge >= 0.3 is 6.18 Å². The summed E-state index contributed by atoms with van der Waals surface area (Å²) in [5.74, 6) is 0.0830. The molecular formula is C24H20ClF3N4OS. The topological polar surface area (TPSA) is 61.9 Å². The van der Waals surface area contributed by atoms with Crippen LogP contribution in [0.2, 0.25) is 5.02 Å². The van der Waals surface area contributed by atoms with E-state index in [0.29, 0.717) is 39.9 Å². The van der Waals surface area contributed by atoms with Crippen LogP contribution in [0.3, 0.4) is 0 Å². The molecule has 2 aromatic carbocycles. The molecule has 0 aliphatic carbocycles. The van der Waals surface area contributed by atoms with Crippen molar-refractivity contribution < 1.29 is 18.0 Å². The first-order chi connectivity index (χ1) is 16.1. The zero-order valence-corrected chi connectivity index (χ0v) is 19.9. The highest BCUT2D eigenvalue weighted by Gasteiger charge is 2.40. The van der Waals surface area contributed by atoms with Crippen molar-refractivity contribution in [3.8, 4) is 10.4 Å². The van der Waals surface area contributed by atoms with Crippen molar-refractivity contribution >= 4 is 39.9 Å². The number of fused-ring (bicyclic) bond motifs is 1. The van der Waals surface area contributed by atoms with Crippen LogP contribution in [0.25, 0.3) is 21.5 Å². The van der Waals surface area contributed by atoms with Gasteiger partial charge in [-0.05, 0) is 49.1 Å². The largest absolute Gasteiger partial charge is 0.418 e. The minimum atomic E-state index is -4.52. The number of carbonyl (C=O) groups excluding carboxylic acids is 1. The van der Waals surface area contributed by atoms with Gasteiger partial charge in [-0.3, -0.25) is 4.79 Å². The molecule has 176 valence electrons. The summed E-state index contributed by atoms with van der Waals surface area (Å²) in [7, 11) is 0. The minimum absolute atomic E-state index is 0.00759. The maximum atomic E-state index is 13.7. The molecule has 1 saturated heterocycles. The molecule has 2 aromatic heterocycles. The number of hydrogen-bond acceptors (Lipinski definition) is 4. The highest BCUT2D eigenvalue weighted by molar-refractivity contribution is 7.15. The van der Waals surface area contributed by atoms with E-state index < -0.39 is 17.8 Å². The highest BCUT2D eigenvalue weighted by atomic mass is 35.5. The second-order valence-electron chi connectivity index (χ2n) is 8.45. The van der Waals surface area contributed by atoms with Crippen LogP contribution < -0.4 is 0 Å². The van der Waals surface area contributed by atoms with Crippen LogP contribution in [-0.2, 0) is 6.18 Å². The Morgan fingerprint density at radius 2 is 1.97 bits per heavy atom. The third-order valence-corrected chi connectivity index (χ3v) is 7.36. The van der Waals surface area contributed by atoms with E-state index in [1.807, 2.05) is 26.0 Å². The van der Waals surface area contributed by atoms with Gasteiger partial charge in [-0.1, -0.05) is 36.7 Å². The number of amides is 1. The number of hydrogen-bond donors (Lipinski definition) is 1. The Morgan fingerprint density at radius 1 is 1.21 bits per heavy atom. The quantitative estimate of drug-likeness (QED) is 0.330. The molecule has 0 saturated carbocycles. The molecule has 34 heavy (non-hydrogen) atoms. The molecule has 0 radical (unpaired) electrons. The molecule has 3 heterocycles.